The molecule has 120 valence electrons. The number of hydrogen-bond donors (Lipinski definition) is 2. The Hall–Kier alpha value is -1.14. The van der Waals surface area contributed by atoms with Crippen molar-refractivity contribution in [1.29, 1.82) is 0 Å². The molecule has 0 aliphatic rings. The van der Waals surface area contributed by atoms with Gasteiger partial charge in [-0.1, -0.05) is 13.8 Å². The zero-order valence-corrected chi connectivity index (χ0v) is 14.8. The largest absolute Gasteiger partial charge is 0.363 e. The van der Waals surface area contributed by atoms with E-state index in [0.29, 0.717) is 0 Å². The monoisotopic (exact) mass is 311 g/mol. The summed E-state index contributed by atoms with van der Waals surface area (Å²) in [4.78, 5) is 2.42. The number of rotatable bonds is 8. The van der Waals surface area contributed by atoms with Crippen molar-refractivity contribution in [3.63, 3.8) is 0 Å². The van der Waals surface area contributed by atoms with Gasteiger partial charge in [-0.05, 0) is 52.1 Å². The second-order valence-electron chi connectivity index (χ2n) is 5.26. The van der Waals surface area contributed by atoms with Crippen molar-refractivity contribution in [3.05, 3.63) is 17.0 Å². The molecule has 0 fully saturated rings. The van der Waals surface area contributed by atoms with Gasteiger partial charge in [0.2, 0.25) is 0 Å². The molecule has 0 aliphatic carbocycles. The maximum atomic E-state index is 5.32. The zero-order valence-electron chi connectivity index (χ0n) is 14.0. The van der Waals surface area contributed by atoms with E-state index in [4.69, 9.17) is 12.2 Å². The molecule has 2 N–H and O–H groups in total. The minimum atomic E-state index is 0.720. The van der Waals surface area contributed by atoms with Crippen molar-refractivity contribution in [1.82, 2.24) is 25.3 Å². The standard InChI is InChI=1S/C15H29N5S/c1-6-20(7-2)10-8-9-16-15(21)17-11-14-12(3)18-19(5)13(14)4/h6-11H2,1-5H3,(H2,16,17,21). The van der Waals surface area contributed by atoms with Crippen molar-refractivity contribution in [3.8, 4) is 0 Å². The summed E-state index contributed by atoms with van der Waals surface area (Å²) in [6.07, 6.45) is 1.11. The van der Waals surface area contributed by atoms with Crippen LogP contribution in [0, 0.1) is 13.8 Å². The summed E-state index contributed by atoms with van der Waals surface area (Å²) >= 11 is 5.32. The molecule has 0 saturated carbocycles. The second-order valence-corrected chi connectivity index (χ2v) is 5.67. The minimum Gasteiger partial charge on any atom is -0.363 e. The van der Waals surface area contributed by atoms with E-state index in [2.05, 4.69) is 41.4 Å². The quantitative estimate of drug-likeness (QED) is 0.565. The molecule has 0 radical (unpaired) electrons. The number of nitrogens with zero attached hydrogens (tertiary/aromatic N) is 3. The van der Waals surface area contributed by atoms with Crippen molar-refractivity contribution in [2.24, 2.45) is 7.05 Å². The van der Waals surface area contributed by atoms with E-state index in [1.165, 1.54) is 11.3 Å². The number of hydrogen-bond acceptors (Lipinski definition) is 3. The summed E-state index contributed by atoms with van der Waals surface area (Å²) in [7, 11) is 1.97. The lowest BCUT2D eigenvalue weighted by atomic mass is 10.2. The lowest BCUT2D eigenvalue weighted by Crippen LogP contribution is -2.36. The van der Waals surface area contributed by atoms with Crippen LogP contribution in [0.1, 0.15) is 37.2 Å². The van der Waals surface area contributed by atoms with Gasteiger partial charge in [-0.2, -0.15) is 5.10 Å². The van der Waals surface area contributed by atoms with Gasteiger partial charge in [0.05, 0.1) is 5.69 Å². The van der Waals surface area contributed by atoms with Crippen molar-refractivity contribution >= 4 is 17.3 Å². The van der Waals surface area contributed by atoms with Gasteiger partial charge in [-0.3, -0.25) is 4.68 Å². The molecule has 0 unspecified atom stereocenters. The maximum Gasteiger partial charge on any atom is 0.166 e. The Morgan fingerprint density at radius 3 is 2.43 bits per heavy atom. The first-order valence-electron chi connectivity index (χ1n) is 7.72. The second kappa shape index (κ2) is 9.00. The summed E-state index contributed by atoms with van der Waals surface area (Å²) in [5.41, 5.74) is 3.47. The van der Waals surface area contributed by atoms with Crippen LogP contribution in [0.25, 0.3) is 0 Å². The molecule has 5 nitrogen and oxygen atoms in total. The first kappa shape index (κ1) is 17.9. The number of aryl methyl sites for hydroxylation is 2. The topological polar surface area (TPSA) is 45.1 Å². The van der Waals surface area contributed by atoms with Gasteiger partial charge >= 0.3 is 0 Å². The fourth-order valence-electron chi connectivity index (χ4n) is 2.35. The molecule has 1 rings (SSSR count). The van der Waals surface area contributed by atoms with E-state index < -0.39 is 0 Å². The summed E-state index contributed by atoms with van der Waals surface area (Å²) in [6.45, 7) is 13.5. The molecule has 0 aliphatic heterocycles. The molecule has 1 aromatic heterocycles. The molecule has 0 saturated heterocycles. The van der Waals surface area contributed by atoms with Crippen LogP contribution in [0.2, 0.25) is 0 Å². The predicted octanol–water partition coefficient (Wildman–Crippen LogP) is 1.73. The van der Waals surface area contributed by atoms with E-state index in [0.717, 1.165) is 50.0 Å². The zero-order chi connectivity index (χ0) is 15.8. The van der Waals surface area contributed by atoms with Crippen LogP contribution < -0.4 is 10.6 Å². The summed E-state index contributed by atoms with van der Waals surface area (Å²) < 4.78 is 1.91. The van der Waals surface area contributed by atoms with Crippen LogP contribution in [-0.2, 0) is 13.6 Å². The smallest absolute Gasteiger partial charge is 0.166 e. The van der Waals surface area contributed by atoms with Gasteiger partial charge in [0.25, 0.3) is 0 Å². The van der Waals surface area contributed by atoms with E-state index in [1.54, 1.807) is 0 Å². The lowest BCUT2D eigenvalue weighted by Gasteiger charge is -2.18. The van der Waals surface area contributed by atoms with Gasteiger partial charge in [0.1, 0.15) is 0 Å². The van der Waals surface area contributed by atoms with Gasteiger partial charge in [-0.25, -0.2) is 0 Å². The van der Waals surface area contributed by atoms with Crippen LogP contribution in [0.15, 0.2) is 0 Å². The average Bonchev–Trinajstić information content (AvgIpc) is 2.70. The molecule has 0 bridgehead atoms. The van der Waals surface area contributed by atoms with E-state index >= 15 is 0 Å². The molecular weight excluding hydrogens is 282 g/mol. The van der Waals surface area contributed by atoms with Crippen molar-refractivity contribution in [2.75, 3.05) is 26.2 Å². The fourth-order valence-corrected chi connectivity index (χ4v) is 2.52. The molecule has 6 heteroatoms. The molecule has 1 heterocycles. The summed E-state index contributed by atoms with van der Waals surface area (Å²) in [6, 6.07) is 0. The fraction of sp³-hybridized carbons (Fsp3) is 0.733. The molecule has 0 spiro atoms. The van der Waals surface area contributed by atoms with Crippen molar-refractivity contribution in [2.45, 2.75) is 40.7 Å². The van der Waals surface area contributed by atoms with Gasteiger partial charge < -0.3 is 15.5 Å². The highest BCUT2D eigenvalue weighted by Crippen LogP contribution is 2.10. The Morgan fingerprint density at radius 1 is 1.24 bits per heavy atom. The Balaban J connectivity index is 2.25. The highest BCUT2D eigenvalue weighted by Gasteiger charge is 2.09. The highest BCUT2D eigenvalue weighted by molar-refractivity contribution is 7.80. The Bertz CT molecular complexity index is 451. The predicted molar refractivity (Wildman–Crippen MR) is 92.5 cm³/mol. The molecule has 0 amide bonds. The highest BCUT2D eigenvalue weighted by atomic mass is 32.1. The van der Waals surface area contributed by atoms with Crippen molar-refractivity contribution < 1.29 is 0 Å². The maximum absolute atomic E-state index is 5.32. The normalized spacial score (nSPS) is 11.0. The lowest BCUT2D eigenvalue weighted by molar-refractivity contribution is 0.300. The van der Waals surface area contributed by atoms with E-state index in [1.807, 2.05) is 18.7 Å². The van der Waals surface area contributed by atoms with Crippen LogP contribution >= 0.6 is 12.2 Å². The van der Waals surface area contributed by atoms with E-state index in [-0.39, 0.29) is 0 Å². The third kappa shape index (κ3) is 5.63. The van der Waals surface area contributed by atoms with Gasteiger partial charge in [0.15, 0.2) is 5.11 Å². The molecule has 21 heavy (non-hydrogen) atoms. The number of aromatic nitrogens is 2. The minimum absolute atomic E-state index is 0.720. The average molecular weight is 311 g/mol. The van der Waals surface area contributed by atoms with Gasteiger partial charge in [-0.15, -0.1) is 0 Å². The van der Waals surface area contributed by atoms with Crippen LogP contribution in [-0.4, -0.2) is 46.0 Å². The van der Waals surface area contributed by atoms with Crippen LogP contribution in [0.3, 0.4) is 0 Å². The van der Waals surface area contributed by atoms with E-state index in [9.17, 15) is 0 Å². The Morgan fingerprint density at radius 2 is 1.90 bits per heavy atom. The molecular formula is C15H29N5S. The molecule has 1 aromatic rings. The van der Waals surface area contributed by atoms with Crippen LogP contribution in [0.5, 0.6) is 0 Å². The third-order valence-corrected chi connectivity index (χ3v) is 4.20. The number of thiocarbonyl (C=S) groups is 1. The summed E-state index contributed by atoms with van der Waals surface area (Å²) in [5.74, 6) is 0. The van der Waals surface area contributed by atoms with Gasteiger partial charge in [0, 0.05) is 31.4 Å². The molecule has 0 atom stereocenters. The number of nitrogens with one attached hydrogen (secondary N) is 2. The summed E-state index contributed by atoms with van der Waals surface area (Å²) in [5, 5.41) is 11.7. The first-order valence-corrected chi connectivity index (χ1v) is 8.13. The molecule has 0 aromatic carbocycles. The first-order chi connectivity index (χ1) is 9.99. The van der Waals surface area contributed by atoms with Crippen LogP contribution in [0.4, 0.5) is 0 Å². The Kier molecular flexibility index (Phi) is 7.67. The third-order valence-electron chi connectivity index (χ3n) is 3.92. The Labute approximate surface area is 134 Å². The SMILES string of the molecule is CCN(CC)CCCNC(=S)NCc1c(C)nn(C)c1C.